The molecule has 4 nitrogen and oxygen atoms in total. The number of nitrogens with zero attached hydrogens (tertiary/aromatic N) is 2. The number of pyridine rings is 1. The predicted octanol–water partition coefficient (Wildman–Crippen LogP) is 1.44. The number of nitrogens with one attached hydrogen (secondary N) is 1. The Hall–Kier alpha value is -1.68. The van der Waals surface area contributed by atoms with Gasteiger partial charge in [0, 0.05) is 18.8 Å². The normalized spacial score (nSPS) is 22.3. The van der Waals surface area contributed by atoms with Crippen LogP contribution in [0.4, 0.5) is 0 Å². The Kier molecular flexibility index (Phi) is 2.88. The van der Waals surface area contributed by atoms with Crippen LogP contribution in [0.15, 0.2) is 35.3 Å². The summed E-state index contributed by atoms with van der Waals surface area (Å²) in [6.45, 7) is 3.97. The maximum Gasteiger partial charge on any atom is 0.258 e. The minimum Gasteiger partial charge on any atom is -0.311 e. The van der Waals surface area contributed by atoms with E-state index < -0.39 is 0 Å². The Morgan fingerprint density at radius 3 is 3.11 bits per heavy atom. The van der Waals surface area contributed by atoms with Crippen molar-refractivity contribution >= 4 is 5.65 Å². The van der Waals surface area contributed by atoms with Crippen LogP contribution in [0.5, 0.6) is 0 Å². The van der Waals surface area contributed by atoms with Gasteiger partial charge in [0.05, 0.1) is 5.69 Å². The zero-order valence-corrected chi connectivity index (χ0v) is 10.5. The smallest absolute Gasteiger partial charge is 0.258 e. The van der Waals surface area contributed by atoms with E-state index in [0.29, 0.717) is 12.2 Å². The monoisotopic (exact) mass is 243 g/mol. The predicted molar refractivity (Wildman–Crippen MR) is 70.4 cm³/mol. The Morgan fingerprint density at radius 1 is 1.50 bits per heavy atom. The van der Waals surface area contributed by atoms with Crippen molar-refractivity contribution in [3.63, 3.8) is 0 Å². The van der Waals surface area contributed by atoms with Gasteiger partial charge in [0.1, 0.15) is 5.65 Å². The summed E-state index contributed by atoms with van der Waals surface area (Å²) in [5, 5.41) is 3.38. The molecule has 2 atom stereocenters. The van der Waals surface area contributed by atoms with E-state index in [-0.39, 0.29) is 5.56 Å². The van der Waals surface area contributed by atoms with Crippen molar-refractivity contribution in [2.24, 2.45) is 11.8 Å². The number of fused-ring (bicyclic) bond motifs is 1. The highest BCUT2D eigenvalue weighted by atomic mass is 16.1. The molecule has 2 unspecified atom stereocenters. The van der Waals surface area contributed by atoms with Crippen molar-refractivity contribution in [3.05, 3.63) is 46.5 Å². The Labute approximate surface area is 106 Å². The molecule has 94 valence electrons. The van der Waals surface area contributed by atoms with Crippen LogP contribution in [-0.2, 0) is 6.54 Å². The van der Waals surface area contributed by atoms with Crippen molar-refractivity contribution < 1.29 is 0 Å². The number of rotatable bonds is 4. The van der Waals surface area contributed by atoms with Crippen LogP contribution in [0, 0.1) is 11.8 Å². The lowest BCUT2D eigenvalue weighted by atomic mass is 10.3. The summed E-state index contributed by atoms with van der Waals surface area (Å²) in [5.41, 5.74) is 1.51. The molecule has 0 aromatic carbocycles. The third kappa shape index (κ3) is 2.29. The van der Waals surface area contributed by atoms with Gasteiger partial charge in [-0.15, -0.1) is 0 Å². The van der Waals surface area contributed by atoms with Crippen molar-refractivity contribution in [3.8, 4) is 0 Å². The first-order chi connectivity index (χ1) is 8.74. The van der Waals surface area contributed by atoms with Crippen LogP contribution in [0.3, 0.4) is 0 Å². The van der Waals surface area contributed by atoms with Crippen molar-refractivity contribution in [1.82, 2.24) is 14.7 Å². The molecule has 4 heteroatoms. The SMILES string of the molecule is CC1CC1CNCc1cc(=O)n2ccccc2n1. The molecule has 1 fully saturated rings. The third-order valence-electron chi connectivity index (χ3n) is 3.61. The summed E-state index contributed by atoms with van der Waals surface area (Å²) in [4.78, 5) is 16.3. The van der Waals surface area contributed by atoms with Gasteiger partial charge in [-0.3, -0.25) is 9.20 Å². The van der Waals surface area contributed by atoms with E-state index in [1.807, 2.05) is 18.2 Å². The lowest BCUT2D eigenvalue weighted by Crippen LogP contribution is -2.21. The maximum atomic E-state index is 11.9. The fourth-order valence-corrected chi connectivity index (χ4v) is 2.26. The van der Waals surface area contributed by atoms with Gasteiger partial charge in [-0.25, -0.2) is 4.98 Å². The largest absolute Gasteiger partial charge is 0.311 e. The molecule has 1 N–H and O–H groups in total. The average molecular weight is 243 g/mol. The maximum absolute atomic E-state index is 11.9. The second kappa shape index (κ2) is 4.53. The molecule has 0 spiro atoms. The van der Waals surface area contributed by atoms with Gasteiger partial charge in [-0.1, -0.05) is 13.0 Å². The van der Waals surface area contributed by atoms with Gasteiger partial charge < -0.3 is 5.32 Å². The average Bonchev–Trinajstić information content (AvgIpc) is 3.05. The summed E-state index contributed by atoms with van der Waals surface area (Å²) < 4.78 is 1.56. The summed E-state index contributed by atoms with van der Waals surface area (Å²) in [6.07, 6.45) is 3.06. The molecule has 1 saturated carbocycles. The molecule has 1 aliphatic carbocycles. The molecule has 0 aliphatic heterocycles. The molecule has 0 bridgehead atoms. The molecule has 0 radical (unpaired) electrons. The van der Waals surface area contributed by atoms with Crippen molar-refractivity contribution in [2.75, 3.05) is 6.54 Å². The van der Waals surface area contributed by atoms with Crippen molar-refractivity contribution in [1.29, 1.82) is 0 Å². The summed E-state index contributed by atoms with van der Waals surface area (Å²) in [5.74, 6) is 1.67. The first-order valence-corrected chi connectivity index (χ1v) is 6.42. The van der Waals surface area contributed by atoms with E-state index in [1.165, 1.54) is 6.42 Å². The molecule has 1 aliphatic rings. The fourth-order valence-electron chi connectivity index (χ4n) is 2.26. The van der Waals surface area contributed by atoms with Crippen LogP contribution in [0.1, 0.15) is 19.0 Å². The Morgan fingerprint density at radius 2 is 2.33 bits per heavy atom. The summed E-state index contributed by atoms with van der Waals surface area (Å²) in [7, 11) is 0. The van der Waals surface area contributed by atoms with E-state index in [4.69, 9.17) is 0 Å². The standard InChI is InChI=1S/C14H17N3O/c1-10-6-11(10)8-15-9-12-7-14(18)17-5-3-2-4-13(17)16-12/h2-5,7,10-11,15H,6,8-9H2,1H3. The topological polar surface area (TPSA) is 46.4 Å². The number of aromatic nitrogens is 2. The molecular weight excluding hydrogens is 226 g/mol. The van der Waals surface area contributed by atoms with E-state index in [2.05, 4.69) is 17.2 Å². The fraction of sp³-hybridized carbons (Fsp3) is 0.429. The van der Waals surface area contributed by atoms with E-state index in [1.54, 1.807) is 16.7 Å². The van der Waals surface area contributed by atoms with Gasteiger partial charge in [-0.05, 0) is 36.9 Å². The van der Waals surface area contributed by atoms with Crippen LogP contribution < -0.4 is 10.9 Å². The molecule has 0 saturated heterocycles. The van der Waals surface area contributed by atoms with Gasteiger partial charge >= 0.3 is 0 Å². The summed E-state index contributed by atoms with van der Waals surface area (Å²) in [6, 6.07) is 7.19. The molecule has 2 aromatic heterocycles. The molecule has 18 heavy (non-hydrogen) atoms. The Balaban J connectivity index is 1.74. The number of hydrogen-bond donors (Lipinski definition) is 1. The molecule has 0 amide bonds. The van der Waals surface area contributed by atoms with E-state index >= 15 is 0 Å². The lowest BCUT2D eigenvalue weighted by molar-refractivity contribution is 0.605. The van der Waals surface area contributed by atoms with Crippen molar-refractivity contribution in [2.45, 2.75) is 19.9 Å². The highest BCUT2D eigenvalue weighted by molar-refractivity contribution is 5.37. The second-order valence-electron chi connectivity index (χ2n) is 5.12. The molecule has 2 aromatic rings. The highest BCUT2D eigenvalue weighted by Gasteiger charge is 2.31. The molecule has 3 rings (SSSR count). The van der Waals surface area contributed by atoms with Gasteiger partial charge in [0.2, 0.25) is 0 Å². The number of hydrogen-bond acceptors (Lipinski definition) is 3. The van der Waals surface area contributed by atoms with E-state index in [9.17, 15) is 4.79 Å². The third-order valence-corrected chi connectivity index (χ3v) is 3.61. The van der Waals surface area contributed by atoms with Gasteiger partial charge in [0.15, 0.2) is 0 Å². The van der Waals surface area contributed by atoms with Crippen LogP contribution >= 0.6 is 0 Å². The zero-order chi connectivity index (χ0) is 12.5. The second-order valence-corrected chi connectivity index (χ2v) is 5.12. The van der Waals surface area contributed by atoms with Gasteiger partial charge in [-0.2, -0.15) is 0 Å². The van der Waals surface area contributed by atoms with Crippen LogP contribution in [-0.4, -0.2) is 15.9 Å². The quantitative estimate of drug-likeness (QED) is 0.884. The minimum absolute atomic E-state index is 0.0165. The van der Waals surface area contributed by atoms with Crippen LogP contribution in [0.2, 0.25) is 0 Å². The first-order valence-electron chi connectivity index (χ1n) is 6.42. The minimum atomic E-state index is -0.0165. The van der Waals surface area contributed by atoms with Gasteiger partial charge in [0.25, 0.3) is 5.56 Å². The summed E-state index contributed by atoms with van der Waals surface area (Å²) >= 11 is 0. The lowest BCUT2D eigenvalue weighted by Gasteiger charge is -2.05. The molecule has 2 heterocycles. The Bertz CT molecular complexity index is 620. The van der Waals surface area contributed by atoms with Crippen LogP contribution in [0.25, 0.3) is 5.65 Å². The first kappa shape index (κ1) is 11.4. The molecular formula is C14H17N3O. The highest BCUT2D eigenvalue weighted by Crippen LogP contribution is 2.36. The zero-order valence-electron chi connectivity index (χ0n) is 10.5. The van der Waals surface area contributed by atoms with E-state index in [0.717, 1.165) is 24.1 Å².